The first-order valence-corrected chi connectivity index (χ1v) is 23.3. The van der Waals surface area contributed by atoms with Gasteiger partial charge in [0.15, 0.2) is 0 Å². The predicted molar refractivity (Wildman–Crippen MR) is 240 cm³/mol. The van der Waals surface area contributed by atoms with Crippen LogP contribution in [0.2, 0.25) is 0 Å². The zero-order valence-corrected chi connectivity index (χ0v) is 39.0. The lowest BCUT2D eigenvalue weighted by Crippen LogP contribution is -2.34. The fourth-order valence-corrected chi connectivity index (χ4v) is 6.05. The number of hydrogen-bond acceptors (Lipinski definition) is 12. The van der Waals surface area contributed by atoms with Crippen molar-refractivity contribution in [1.29, 1.82) is 0 Å². The van der Waals surface area contributed by atoms with Gasteiger partial charge >= 0.3 is 30.9 Å². The van der Waals surface area contributed by atoms with Crippen LogP contribution >= 0.6 is 71.5 Å². The highest BCUT2D eigenvalue weighted by Crippen LogP contribution is 2.57. The van der Waals surface area contributed by atoms with E-state index in [1.165, 1.54) is 0 Å². The second-order valence-corrected chi connectivity index (χ2v) is 18.4. The molecule has 0 saturated heterocycles. The summed E-state index contributed by atoms with van der Waals surface area (Å²) in [6.45, 7) is 12.4. The molecule has 5 N–H and O–H groups in total. The summed E-state index contributed by atoms with van der Waals surface area (Å²) in [7, 11) is 0. The lowest BCUT2D eigenvalue weighted by atomic mass is 10.1. The summed E-state index contributed by atoms with van der Waals surface area (Å²) in [5.74, 6) is 0.442. The highest BCUT2D eigenvalue weighted by molar-refractivity contribution is 8.05. The largest absolute Gasteiger partial charge is 0.465 e. The van der Waals surface area contributed by atoms with E-state index in [0.29, 0.717) is 43.2 Å². The number of ether oxygens (including phenoxy) is 3. The van der Waals surface area contributed by atoms with Gasteiger partial charge in [0.25, 0.3) is 0 Å². The quantitative estimate of drug-likeness (QED) is 0.0553. The molecular formula is C36H64BCl5N3O10P2. The van der Waals surface area contributed by atoms with E-state index in [0.717, 1.165) is 25.7 Å². The topological polar surface area (TPSA) is 196 Å². The van der Waals surface area contributed by atoms with Gasteiger partial charge in [-0.3, -0.25) is 14.4 Å². The van der Waals surface area contributed by atoms with Crippen molar-refractivity contribution >= 4 is 97.8 Å². The van der Waals surface area contributed by atoms with Crippen LogP contribution in [-0.4, -0.2) is 64.3 Å². The van der Waals surface area contributed by atoms with Crippen LogP contribution in [0.5, 0.6) is 11.5 Å². The number of hydrogen-bond donors (Lipinski definition) is 3. The standard InChI is InChI=1S/C15H23ClNO4P.C9H19NO2.C6H5Cl2O2P.C5H11NO2.CH4.B.2ClH/c1-4-13(5-2)11-20-15(18)12(3)17-22(16,19)21-14-9-7-6-8-10-14;1-4-8(5-2)6-12-9(11)7(3)10;7-11(8,9)10-6-4-2-1-3-5-6;1-3-8-5(7)4(2)6;;;;/h6-10,12-13H,4-5,11H2,1-3H3,(H,17,19);7-8H,4-6,10H2,1-3H3;1-5H;4H,3,6H2,1-2H3;1H4;;2*1H/t12-,22?;7-;;4-;;;;/m00.0..../s1. The van der Waals surface area contributed by atoms with Gasteiger partial charge in [-0.25, -0.2) is 14.2 Å². The second kappa shape index (κ2) is 38.5. The molecule has 2 rings (SSSR count). The fourth-order valence-electron chi connectivity index (χ4n) is 3.51. The lowest BCUT2D eigenvalue weighted by Gasteiger charge is -2.19. The third-order valence-electron chi connectivity index (χ3n) is 6.88. The molecule has 13 nitrogen and oxygen atoms in total. The molecular weight excluding hydrogens is 884 g/mol. The number of benzene rings is 2. The monoisotopic (exact) mass is 946 g/mol. The third-order valence-corrected chi connectivity index (χ3v) is 9.36. The zero-order chi connectivity index (χ0) is 41.0. The number of carbonyl (C=O) groups is 3. The first-order valence-electron chi connectivity index (χ1n) is 17.3. The third kappa shape index (κ3) is 38.3. The molecule has 21 heteroatoms. The minimum atomic E-state index is -3.66. The average Bonchev–Trinajstić information content (AvgIpc) is 3.09. The predicted octanol–water partition coefficient (Wildman–Crippen LogP) is 10.3. The Morgan fingerprint density at radius 3 is 1.26 bits per heavy atom. The van der Waals surface area contributed by atoms with Gasteiger partial charge in [0.1, 0.15) is 29.6 Å². The molecule has 0 aromatic heterocycles. The van der Waals surface area contributed by atoms with E-state index < -0.39 is 37.0 Å². The highest BCUT2D eigenvalue weighted by atomic mass is 35.9. The molecule has 2 aromatic carbocycles. The van der Waals surface area contributed by atoms with Gasteiger partial charge < -0.3 is 34.7 Å². The Bertz CT molecular complexity index is 1380. The average molecular weight is 949 g/mol. The second-order valence-electron chi connectivity index (χ2n) is 11.5. The zero-order valence-electron chi connectivity index (χ0n) is 33.3. The molecule has 3 radical (unpaired) electrons. The van der Waals surface area contributed by atoms with E-state index in [1.54, 1.807) is 88.4 Å². The summed E-state index contributed by atoms with van der Waals surface area (Å²) < 4.78 is 47.5. The van der Waals surface area contributed by atoms with Crippen molar-refractivity contribution in [3.63, 3.8) is 0 Å². The Morgan fingerprint density at radius 1 is 0.632 bits per heavy atom. The first-order chi connectivity index (χ1) is 24.7. The maximum Gasteiger partial charge on any atom is 0.428 e. The van der Waals surface area contributed by atoms with Crippen molar-refractivity contribution in [1.82, 2.24) is 5.09 Å². The summed E-state index contributed by atoms with van der Waals surface area (Å²) in [6.07, 6.45) is 0.528. The molecule has 2 aromatic rings. The van der Waals surface area contributed by atoms with E-state index in [-0.39, 0.29) is 52.6 Å². The first kappa shape index (κ1) is 67.1. The maximum atomic E-state index is 12.2. The molecule has 1 unspecified atom stereocenters. The fraction of sp³-hybridized carbons (Fsp3) is 0.583. The Morgan fingerprint density at radius 2 is 0.965 bits per heavy atom. The number of nitrogens with one attached hydrogen (secondary N) is 1. The van der Waals surface area contributed by atoms with Crippen molar-refractivity contribution in [3.05, 3.63) is 60.7 Å². The number of carbonyl (C=O) groups excluding carboxylic acids is 3. The number of rotatable bonds is 18. The van der Waals surface area contributed by atoms with E-state index in [2.05, 4.69) is 28.2 Å². The maximum absolute atomic E-state index is 12.2. The molecule has 0 heterocycles. The van der Waals surface area contributed by atoms with E-state index in [9.17, 15) is 23.5 Å². The molecule has 0 fully saturated rings. The van der Waals surface area contributed by atoms with Gasteiger partial charge in [-0.05, 0) is 63.8 Å². The Hall–Kier alpha value is -1.70. The van der Waals surface area contributed by atoms with Crippen LogP contribution in [0.4, 0.5) is 0 Å². The van der Waals surface area contributed by atoms with Crippen LogP contribution in [0.25, 0.3) is 0 Å². The number of halogens is 5. The van der Waals surface area contributed by atoms with Crippen molar-refractivity contribution in [2.24, 2.45) is 23.3 Å². The van der Waals surface area contributed by atoms with Crippen LogP contribution in [0.3, 0.4) is 0 Å². The van der Waals surface area contributed by atoms with Crippen molar-refractivity contribution in [2.75, 3.05) is 19.8 Å². The van der Waals surface area contributed by atoms with Gasteiger partial charge in [0.2, 0.25) is 0 Å². The van der Waals surface area contributed by atoms with Crippen molar-refractivity contribution in [2.45, 2.75) is 107 Å². The molecule has 0 amide bonds. The van der Waals surface area contributed by atoms with Crippen LogP contribution in [0, 0.1) is 11.8 Å². The molecule has 0 aliphatic rings. The highest BCUT2D eigenvalue weighted by Gasteiger charge is 2.28. The van der Waals surface area contributed by atoms with Gasteiger partial charge in [-0.1, -0.05) is 97.2 Å². The summed E-state index contributed by atoms with van der Waals surface area (Å²) >= 11 is 16.2. The van der Waals surface area contributed by atoms with Crippen molar-refractivity contribution < 1.29 is 46.8 Å². The smallest absolute Gasteiger partial charge is 0.428 e. The van der Waals surface area contributed by atoms with Crippen LogP contribution in [-0.2, 0) is 37.7 Å². The number of esters is 3. The van der Waals surface area contributed by atoms with E-state index >= 15 is 0 Å². The SMILES string of the molecule is C.CCC(CC)COC(=O)[C@H](C)N.CCC(CC)COC(=O)[C@H](C)NP(=O)(Cl)Oc1ccccc1.CCOC(=O)[C@H](C)N.Cl.Cl.O=P(Cl)(Cl)Oc1ccccc1.[B]. The van der Waals surface area contributed by atoms with Crippen molar-refractivity contribution in [3.8, 4) is 11.5 Å². The summed E-state index contributed by atoms with van der Waals surface area (Å²) in [6, 6.07) is 15.2. The van der Waals surface area contributed by atoms with Crippen LogP contribution < -0.4 is 25.6 Å². The summed E-state index contributed by atoms with van der Waals surface area (Å²) in [5.41, 5.74) is 10.5. The summed E-state index contributed by atoms with van der Waals surface area (Å²) in [4.78, 5) is 33.2. The lowest BCUT2D eigenvalue weighted by molar-refractivity contribution is -0.147. The van der Waals surface area contributed by atoms with Gasteiger partial charge in [0, 0.05) is 42.1 Å². The van der Waals surface area contributed by atoms with Gasteiger partial charge in [-0.15, -0.1) is 24.8 Å². The number of nitrogens with two attached hydrogens (primary N) is 2. The Balaban J connectivity index is -0.000000160. The molecule has 0 spiro atoms. The Kier molecular flexibility index (Phi) is 45.3. The van der Waals surface area contributed by atoms with Gasteiger partial charge in [0.05, 0.1) is 19.8 Å². The number of para-hydroxylation sites is 2. The molecule has 4 atom stereocenters. The van der Waals surface area contributed by atoms with Gasteiger partial charge in [-0.2, -0.15) is 0 Å². The molecule has 57 heavy (non-hydrogen) atoms. The summed E-state index contributed by atoms with van der Waals surface area (Å²) in [5, 5.41) is 2.49. The van der Waals surface area contributed by atoms with Crippen LogP contribution in [0.15, 0.2) is 60.7 Å². The normalized spacial score (nSPS) is 12.5. The molecule has 0 bridgehead atoms. The molecule has 331 valence electrons. The molecule has 0 aliphatic heterocycles. The van der Waals surface area contributed by atoms with E-state index in [1.807, 2.05) is 13.8 Å². The van der Waals surface area contributed by atoms with Crippen LogP contribution in [0.1, 0.15) is 88.5 Å². The molecule has 0 aliphatic carbocycles. The van der Waals surface area contributed by atoms with E-state index in [4.69, 9.17) is 59.2 Å². The minimum absolute atomic E-state index is 0. The molecule has 0 saturated carbocycles. The minimum Gasteiger partial charge on any atom is -0.465 e. The Labute approximate surface area is 369 Å².